The second kappa shape index (κ2) is 7.48. The van der Waals surface area contributed by atoms with Crippen LogP contribution in [0.3, 0.4) is 0 Å². The van der Waals surface area contributed by atoms with Crippen molar-refractivity contribution in [1.29, 1.82) is 0 Å². The van der Waals surface area contributed by atoms with Crippen LogP contribution in [0.2, 0.25) is 0 Å². The Kier molecular flexibility index (Phi) is 5.14. The first kappa shape index (κ1) is 17.2. The number of amides is 1. The van der Waals surface area contributed by atoms with E-state index in [1.807, 2.05) is 23.1 Å². The second-order valence-electron chi connectivity index (χ2n) is 6.40. The lowest BCUT2D eigenvalue weighted by molar-refractivity contribution is -0.134. The molecule has 25 heavy (non-hydrogen) atoms. The molecule has 3 atom stereocenters. The third-order valence-corrected chi connectivity index (χ3v) is 4.71. The van der Waals surface area contributed by atoms with Gasteiger partial charge in [-0.25, -0.2) is 0 Å². The number of nitrogens with zero attached hydrogens (tertiary/aromatic N) is 2. The van der Waals surface area contributed by atoms with Gasteiger partial charge in [0, 0.05) is 38.7 Å². The molecule has 2 aliphatic heterocycles. The highest BCUT2D eigenvalue weighted by Crippen LogP contribution is 2.43. The highest BCUT2D eigenvalue weighted by molar-refractivity contribution is 5.94. The van der Waals surface area contributed by atoms with Crippen LogP contribution in [-0.2, 0) is 4.79 Å². The first-order chi connectivity index (χ1) is 12.1. The maximum atomic E-state index is 12.8. The van der Waals surface area contributed by atoms with Gasteiger partial charge in [-0.1, -0.05) is 30.3 Å². The molecule has 4 rings (SSSR count). The van der Waals surface area contributed by atoms with Crippen LogP contribution in [0, 0.1) is 11.8 Å². The summed E-state index contributed by atoms with van der Waals surface area (Å²) in [6.45, 7) is 3.89. The van der Waals surface area contributed by atoms with Crippen LogP contribution >= 0.6 is 0 Å². The summed E-state index contributed by atoms with van der Waals surface area (Å²) >= 11 is 0. The molecule has 1 aromatic carbocycles. The highest BCUT2D eigenvalue weighted by Gasteiger charge is 2.46. The van der Waals surface area contributed by atoms with Gasteiger partial charge in [-0.3, -0.25) is 14.7 Å². The second-order valence-corrected chi connectivity index (χ2v) is 6.40. The number of nitrogens with one attached hydrogen (secondary N) is 2. The molecule has 0 bridgehead atoms. The maximum Gasteiger partial charge on any atom is 0.300 e. The van der Waals surface area contributed by atoms with Gasteiger partial charge in [-0.05, 0) is 11.5 Å². The van der Waals surface area contributed by atoms with Gasteiger partial charge in [0.25, 0.3) is 11.9 Å². The van der Waals surface area contributed by atoms with Crippen LogP contribution in [0.15, 0.2) is 42.7 Å². The Hall–Kier alpha value is -2.67. The van der Waals surface area contributed by atoms with E-state index in [4.69, 9.17) is 9.90 Å². The number of carbonyl (C=O) groups is 2. The molecule has 3 N–H and O–H groups in total. The fraction of sp³-hybridized carbons (Fsp3) is 0.389. The lowest BCUT2D eigenvalue weighted by Gasteiger charge is -2.28. The van der Waals surface area contributed by atoms with Crippen molar-refractivity contribution in [3.8, 4) is 0 Å². The summed E-state index contributed by atoms with van der Waals surface area (Å²) in [5, 5.41) is 17.5. The zero-order valence-corrected chi connectivity index (χ0v) is 14.1. The zero-order valence-electron chi connectivity index (χ0n) is 14.1. The maximum absolute atomic E-state index is 12.8. The number of aromatic amines is 1. The van der Waals surface area contributed by atoms with E-state index in [0.717, 1.165) is 26.6 Å². The third kappa shape index (κ3) is 3.71. The summed E-state index contributed by atoms with van der Waals surface area (Å²) in [6.07, 6.45) is 3.29. The van der Waals surface area contributed by atoms with Crippen LogP contribution in [0.4, 0.5) is 0 Å². The quantitative estimate of drug-likeness (QED) is 0.769. The van der Waals surface area contributed by atoms with Crippen LogP contribution in [0.5, 0.6) is 0 Å². The van der Waals surface area contributed by atoms with Crippen molar-refractivity contribution in [2.45, 2.75) is 13.0 Å². The molecule has 7 nitrogen and oxygen atoms in total. The van der Waals surface area contributed by atoms with E-state index in [9.17, 15) is 4.79 Å². The van der Waals surface area contributed by atoms with Crippen molar-refractivity contribution in [3.05, 3.63) is 53.9 Å². The number of carboxylic acids is 1. The SMILES string of the molecule is CC(=O)O.O=C(c1cn[nH]c1)N1C[C@@H]2CNC[C@@H]2[C@@H]1c1ccccc1. The zero-order chi connectivity index (χ0) is 17.8. The van der Waals surface area contributed by atoms with Gasteiger partial charge in [0.1, 0.15) is 0 Å². The standard InChI is InChI=1S/C16H18N4O.C2H4O2/c21-16(12-7-18-19-8-12)20-10-13-6-17-9-14(13)15(20)11-4-2-1-3-5-11;1-2(3)4/h1-5,7-8,13-15,17H,6,9-10H2,(H,18,19);1H3,(H,3,4)/t13-,14-,15-;/m0./s1. The topological polar surface area (TPSA) is 98.3 Å². The summed E-state index contributed by atoms with van der Waals surface area (Å²) in [7, 11) is 0. The molecule has 0 radical (unpaired) electrons. The Balaban J connectivity index is 0.000000415. The summed E-state index contributed by atoms with van der Waals surface area (Å²) < 4.78 is 0. The molecule has 132 valence electrons. The molecule has 0 unspecified atom stereocenters. The molecular formula is C18H22N4O3. The molecule has 2 saturated heterocycles. The van der Waals surface area contributed by atoms with Crippen LogP contribution in [0.1, 0.15) is 28.9 Å². The Morgan fingerprint density at radius 2 is 1.96 bits per heavy atom. The first-order valence-electron chi connectivity index (χ1n) is 8.33. The predicted octanol–water partition coefficient (Wildman–Crippen LogP) is 1.53. The van der Waals surface area contributed by atoms with E-state index in [2.05, 4.69) is 27.6 Å². The fourth-order valence-electron chi connectivity index (χ4n) is 3.74. The van der Waals surface area contributed by atoms with Crippen molar-refractivity contribution in [2.75, 3.05) is 19.6 Å². The van der Waals surface area contributed by atoms with Gasteiger partial charge in [0.05, 0.1) is 17.8 Å². The molecule has 1 amide bonds. The molecule has 1 aromatic heterocycles. The Bertz CT molecular complexity index is 713. The molecule has 0 saturated carbocycles. The minimum absolute atomic E-state index is 0.0759. The summed E-state index contributed by atoms with van der Waals surface area (Å²) in [5.41, 5.74) is 1.87. The lowest BCUT2D eigenvalue weighted by Crippen LogP contribution is -2.34. The van der Waals surface area contributed by atoms with Gasteiger partial charge in [-0.15, -0.1) is 0 Å². The number of rotatable bonds is 2. The number of hydrogen-bond donors (Lipinski definition) is 3. The van der Waals surface area contributed by atoms with Crippen LogP contribution in [0.25, 0.3) is 0 Å². The molecule has 2 aromatic rings. The smallest absolute Gasteiger partial charge is 0.300 e. The number of H-pyrrole nitrogens is 1. The lowest BCUT2D eigenvalue weighted by atomic mass is 9.89. The minimum atomic E-state index is -0.833. The number of hydrogen-bond acceptors (Lipinski definition) is 4. The minimum Gasteiger partial charge on any atom is -0.481 e. The highest BCUT2D eigenvalue weighted by atomic mass is 16.4. The fourth-order valence-corrected chi connectivity index (χ4v) is 3.74. The number of benzene rings is 1. The van der Waals surface area contributed by atoms with E-state index >= 15 is 0 Å². The number of aliphatic carboxylic acids is 1. The van der Waals surface area contributed by atoms with Crippen molar-refractivity contribution < 1.29 is 14.7 Å². The number of carboxylic acid groups (broad SMARTS) is 1. The normalized spacial score (nSPS) is 24.4. The average Bonchev–Trinajstić information content (AvgIpc) is 3.31. The Labute approximate surface area is 146 Å². The van der Waals surface area contributed by atoms with Crippen molar-refractivity contribution in [2.24, 2.45) is 11.8 Å². The largest absolute Gasteiger partial charge is 0.481 e. The van der Waals surface area contributed by atoms with Crippen molar-refractivity contribution in [1.82, 2.24) is 20.4 Å². The Morgan fingerprint density at radius 3 is 2.60 bits per heavy atom. The molecule has 2 fully saturated rings. The molecule has 0 aliphatic carbocycles. The van der Waals surface area contributed by atoms with E-state index in [1.54, 1.807) is 12.4 Å². The number of aromatic nitrogens is 2. The van der Waals surface area contributed by atoms with E-state index in [1.165, 1.54) is 5.56 Å². The van der Waals surface area contributed by atoms with Gasteiger partial charge in [-0.2, -0.15) is 5.10 Å². The molecule has 0 spiro atoms. The average molecular weight is 342 g/mol. The monoisotopic (exact) mass is 342 g/mol. The van der Waals surface area contributed by atoms with Gasteiger partial charge < -0.3 is 15.3 Å². The van der Waals surface area contributed by atoms with Crippen molar-refractivity contribution >= 4 is 11.9 Å². The Morgan fingerprint density at radius 1 is 1.24 bits per heavy atom. The summed E-state index contributed by atoms with van der Waals surface area (Å²) in [5.74, 6) is 0.293. The molecule has 2 aliphatic rings. The molecule has 7 heteroatoms. The van der Waals surface area contributed by atoms with Gasteiger partial charge >= 0.3 is 0 Å². The van der Waals surface area contributed by atoms with Crippen LogP contribution < -0.4 is 5.32 Å². The third-order valence-electron chi connectivity index (χ3n) is 4.71. The summed E-state index contributed by atoms with van der Waals surface area (Å²) in [6, 6.07) is 10.5. The molecule has 3 heterocycles. The van der Waals surface area contributed by atoms with Gasteiger partial charge in [0.2, 0.25) is 0 Å². The van der Waals surface area contributed by atoms with E-state index in [0.29, 0.717) is 17.4 Å². The van der Waals surface area contributed by atoms with E-state index in [-0.39, 0.29) is 11.9 Å². The number of carbonyl (C=O) groups excluding carboxylic acids is 1. The molecular weight excluding hydrogens is 320 g/mol. The van der Waals surface area contributed by atoms with Gasteiger partial charge in [0.15, 0.2) is 0 Å². The van der Waals surface area contributed by atoms with Crippen molar-refractivity contribution in [3.63, 3.8) is 0 Å². The summed E-state index contributed by atoms with van der Waals surface area (Å²) in [4.78, 5) is 23.8. The first-order valence-corrected chi connectivity index (χ1v) is 8.33. The number of fused-ring (bicyclic) bond motifs is 1. The van der Waals surface area contributed by atoms with E-state index < -0.39 is 5.97 Å². The predicted molar refractivity (Wildman–Crippen MR) is 92.0 cm³/mol. The number of likely N-dealkylation sites (tertiary alicyclic amines) is 1. The van der Waals surface area contributed by atoms with Crippen LogP contribution in [-0.4, -0.2) is 51.7 Å².